The number of carbonyl (C=O) groups excluding carboxylic acids is 2. The summed E-state index contributed by atoms with van der Waals surface area (Å²) in [5.41, 5.74) is 0.661. The number of alkyl halides is 3. The Morgan fingerprint density at radius 3 is 2.04 bits per heavy atom. The maximum absolute atomic E-state index is 12.9. The lowest BCUT2D eigenvalue weighted by molar-refractivity contribution is -0.137. The van der Waals surface area contributed by atoms with Crippen molar-refractivity contribution < 1.29 is 22.8 Å². The minimum atomic E-state index is -4.63. The van der Waals surface area contributed by atoms with Crippen molar-refractivity contribution >= 4 is 23.2 Å². The molecule has 24 heavy (non-hydrogen) atoms. The van der Waals surface area contributed by atoms with Crippen LogP contribution >= 0.6 is 0 Å². The second kappa shape index (κ2) is 6.74. The van der Waals surface area contributed by atoms with Gasteiger partial charge in [0.25, 0.3) is 0 Å². The van der Waals surface area contributed by atoms with E-state index in [0.717, 1.165) is 23.3 Å². The number of hydrogen-bond acceptors (Lipinski definition) is 2. The fraction of sp³-hybridized carbons (Fsp3) is 0.176. The SMILES string of the molecule is Cc1ccc(NC(=O)C(=O)Nc2ccccc2C(F)(F)F)c(C)c1. The van der Waals surface area contributed by atoms with Gasteiger partial charge in [-0.1, -0.05) is 29.8 Å². The van der Waals surface area contributed by atoms with Gasteiger partial charge in [0, 0.05) is 5.69 Å². The van der Waals surface area contributed by atoms with E-state index in [2.05, 4.69) is 5.32 Å². The van der Waals surface area contributed by atoms with Crippen LogP contribution in [0, 0.1) is 13.8 Å². The summed E-state index contributed by atoms with van der Waals surface area (Å²) in [5.74, 6) is -2.22. The third kappa shape index (κ3) is 4.13. The monoisotopic (exact) mass is 336 g/mol. The normalized spacial score (nSPS) is 11.0. The number of anilines is 2. The molecule has 2 amide bonds. The molecule has 0 fully saturated rings. The summed E-state index contributed by atoms with van der Waals surface area (Å²) in [6.07, 6.45) is -4.63. The van der Waals surface area contributed by atoms with Gasteiger partial charge in [0.15, 0.2) is 0 Å². The van der Waals surface area contributed by atoms with Crippen LogP contribution in [-0.4, -0.2) is 11.8 Å². The first-order chi connectivity index (χ1) is 11.2. The molecule has 0 saturated heterocycles. The van der Waals surface area contributed by atoms with Gasteiger partial charge in [0.05, 0.1) is 11.3 Å². The van der Waals surface area contributed by atoms with Crippen LogP contribution in [0.15, 0.2) is 42.5 Å². The van der Waals surface area contributed by atoms with E-state index in [1.165, 1.54) is 12.1 Å². The summed E-state index contributed by atoms with van der Waals surface area (Å²) >= 11 is 0. The number of benzene rings is 2. The van der Waals surface area contributed by atoms with Crippen LogP contribution in [-0.2, 0) is 15.8 Å². The molecule has 0 spiro atoms. The van der Waals surface area contributed by atoms with Crippen molar-refractivity contribution in [2.75, 3.05) is 10.6 Å². The molecular formula is C17H15F3N2O2. The van der Waals surface area contributed by atoms with Crippen molar-refractivity contribution in [1.82, 2.24) is 0 Å². The number of nitrogens with one attached hydrogen (secondary N) is 2. The predicted molar refractivity (Wildman–Crippen MR) is 84.6 cm³/mol. The Balaban J connectivity index is 2.14. The van der Waals surface area contributed by atoms with Gasteiger partial charge in [-0.15, -0.1) is 0 Å². The van der Waals surface area contributed by atoms with Crippen molar-refractivity contribution in [3.8, 4) is 0 Å². The number of para-hydroxylation sites is 1. The van der Waals surface area contributed by atoms with Crippen LogP contribution in [0.3, 0.4) is 0 Å². The maximum atomic E-state index is 12.9. The average molecular weight is 336 g/mol. The van der Waals surface area contributed by atoms with Gasteiger partial charge in [0.2, 0.25) is 0 Å². The smallest absolute Gasteiger partial charge is 0.318 e. The van der Waals surface area contributed by atoms with Gasteiger partial charge >= 0.3 is 18.0 Å². The summed E-state index contributed by atoms with van der Waals surface area (Å²) < 4.78 is 38.7. The highest BCUT2D eigenvalue weighted by Crippen LogP contribution is 2.34. The highest BCUT2D eigenvalue weighted by atomic mass is 19.4. The Hall–Kier alpha value is -2.83. The number of halogens is 3. The number of rotatable bonds is 2. The molecule has 0 atom stereocenters. The zero-order valence-electron chi connectivity index (χ0n) is 13.0. The summed E-state index contributed by atoms with van der Waals surface area (Å²) in [4.78, 5) is 23.8. The highest BCUT2D eigenvalue weighted by Gasteiger charge is 2.34. The number of hydrogen-bond donors (Lipinski definition) is 2. The number of aryl methyl sites for hydroxylation is 2. The molecule has 0 aliphatic rings. The van der Waals surface area contributed by atoms with Crippen molar-refractivity contribution in [2.24, 2.45) is 0 Å². The summed E-state index contributed by atoms with van der Waals surface area (Å²) in [6.45, 7) is 3.62. The minimum Gasteiger partial charge on any atom is -0.318 e. The van der Waals surface area contributed by atoms with Crippen LogP contribution in [0.1, 0.15) is 16.7 Å². The molecule has 2 aromatic carbocycles. The first-order valence-electron chi connectivity index (χ1n) is 7.04. The Labute approximate surface area is 136 Å². The first-order valence-corrected chi connectivity index (χ1v) is 7.04. The molecule has 2 rings (SSSR count). The molecule has 0 aliphatic heterocycles. The maximum Gasteiger partial charge on any atom is 0.418 e. The number of carbonyl (C=O) groups is 2. The Kier molecular flexibility index (Phi) is 4.92. The summed E-state index contributed by atoms with van der Waals surface area (Å²) in [7, 11) is 0. The van der Waals surface area contributed by atoms with Crippen molar-refractivity contribution in [3.63, 3.8) is 0 Å². The van der Waals surface area contributed by atoms with E-state index in [-0.39, 0.29) is 0 Å². The van der Waals surface area contributed by atoms with E-state index < -0.39 is 29.2 Å². The fourth-order valence-corrected chi connectivity index (χ4v) is 2.15. The molecule has 0 heterocycles. The zero-order chi connectivity index (χ0) is 17.9. The van der Waals surface area contributed by atoms with Crippen LogP contribution in [0.2, 0.25) is 0 Å². The lowest BCUT2D eigenvalue weighted by Crippen LogP contribution is -2.30. The molecule has 4 nitrogen and oxygen atoms in total. The minimum absolute atomic E-state index is 0.421. The first kappa shape index (κ1) is 17.5. The third-order valence-corrected chi connectivity index (χ3v) is 3.32. The largest absolute Gasteiger partial charge is 0.418 e. The van der Waals surface area contributed by atoms with E-state index in [0.29, 0.717) is 5.69 Å². The van der Waals surface area contributed by atoms with E-state index in [1.807, 2.05) is 18.3 Å². The molecule has 0 saturated carbocycles. The standard InChI is InChI=1S/C17H15F3N2O2/c1-10-7-8-13(11(2)9-10)21-15(23)16(24)22-14-6-4-3-5-12(14)17(18,19)20/h3-9H,1-2H3,(H,21,23)(H,22,24). The quantitative estimate of drug-likeness (QED) is 0.817. The molecule has 0 bridgehead atoms. The van der Waals surface area contributed by atoms with E-state index >= 15 is 0 Å². The molecular weight excluding hydrogens is 321 g/mol. The van der Waals surface area contributed by atoms with Crippen molar-refractivity contribution in [1.29, 1.82) is 0 Å². The van der Waals surface area contributed by atoms with Crippen LogP contribution < -0.4 is 10.6 Å². The molecule has 0 unspecified atom stereocenters. The highest BCUT2D eigenvalue weighted by molar-refractivity contribution is 6.43. The second-order valence-corrected chi connectivity index (χ2v) is 5.27. The fourth-order valence-electron chi connectivity index (χ4n) is 2.15. The van der Waals surface area contributed by atoms with Crippen LogP contribution in [0.5, 0.6) is 0 Å². The van der Waals surface area contributed by atoms with Crippen molar-refractivity contribution in [2.45, 2.75) is 20.0 Å². The summed E-state index contributed by atoms with van der Waals surface area (Å²) in [5, 5.41) is 4.38. The van der Waals surface area contributed by atoms with Gasteiger partial charge < -0.3 is 10.6 Å². The number of amides is 2. The molecule has 0 radical (unpaired) electrons. The van der Waals surface area contributed by atoms with Gasteiger partial charge in [-0.2, -0.15) is 13.2 Å². The third-order valence-electron chi connectivity index (χ3n) is 3.32. The van der Waals surface area contributed by atoms with Gasteiger partial charge in [0.1, 0.15) is 0 Å². The van der Waals surface area contributed by atoms with E-state index in [4.69, 9.17) is 0 Å². The summed E-state index contributed by atoms with van der Waals surface area (Å²) in [6, 6.07) is 9.65. The van der Waals surface area contributed by atoms with Crippen molar-refractivity contribution in [3.05, 3.63) is 59.2 Å². The Morgan fingerprint density at radius 1 is 0.875 bits per heavy atom. The van der Waals surface area contributed by atoms with Gasteiger partial charge in [-0.05, 0) is 37.6 Å². The molecule has 0 aromatic heterocycles. The predicted octanol–water partition coefficient (Wildman–Crippen LogP) is 3.90. The molecule has 2 aromatic rings. The average Bonchev–Trinajstić information content (AvgIpc) is 2.49. The molecule has 7 heteroatoms. The second-order valence-electron chi connectivity index (χ2n) is 5.27. The lowest BCUT2D eigenvalue weighted by Gasteiger charge is -2.14. The van der Waals surface area contributed by atoms with E-state index in [1.54, 1.807) is 19.1 Å². The van der Waals surface area contributed by atoms with E-state index in [9.17, 15) is 22.8 Å². The topological polar surface area (TPSA) is 58.2 Å². The Bertz CT molecular complexity index is 786. The van der Waals surface area contributed by atoms with Crippen LogP contribution in [0.4, 0.5) is 24.5 Å². The lowest BCUT2D eigenvalue weighted by atomic mass is 10.1. The Morgan fingerprint density at radius 2 is 1.46 bits per heavy atom. The zero-order valence-corrected chi connectivity index (χ0v) is 13.0. The molecule has 0 aliphatic carbocycles. The molecule has 2 N–H and O–H groups in total. The molecule has 126 valence electrons. The van der Waals surface area contributed by atoms with Gasteiger partial charge in [-0.25, -0.2) is 0 Å². The van der Waals surface area contributed by atoms with Crippen LogP contribution in [0.25, 0.3) is 0 Å². The van der Waals surface area contributed by atoms with Gasteiger partial charge in [-0.3, -0.25) is 9.59 Å².